The molecule has 1 aromatic rings. The van der Waals surface area contributed by atoms with Crippen molar-refractivity contribution in [2.24, 2.45) is 0 Å². The van der Waals surface area contributed by atoms with E-state index in [-0.39, 0.29) is 12.2 Å². The van der Waals surface area contributed by atoms with Crippen LogP contribution >= 0.6 is 0 Å². The monoisotopic (exact) mass is 232 g/mol. The van der Waals surface area contributed by atoms with Gasteiger partial charge < -0.3 is 4.74 Å². The highest BCUT2D eigenvalue weighted by atomic mass is 19.2. The Hall–Kier alpha value is -1.52. The topological polar surface area (TPSA) is 26.3 Å². The molecule has 0 saturated carbocycles. The highest BCUT2D eigenvalue weighted by molar-refractivity contribution is 5.76. The molecule has 1 aromatic carbocycles. The molecule has 0 aliphatic heterocycles. The lowest BCUT2D eigenvalue weighted by molar-refractivity contribution is -0.149. The molecule has 0 radical (unpaired) electrons. The van der Waals surface area contributed by atoms with Gasteiger partial charge in [0.05, 0.1) is 6.61 Å². The van der Waals surface area contributed by atoms with E-state index in [1.165, 1.54) is 19.9 Å². The number of ether oxygens (including phenoxy) is 1. The first-order chi connectivity index (χ1) is 7.49. The number of esters is 1. The molecule has 5 heteroatoms. The molecule has 88 valence electrons. The van der Waals surface area contributed by atoms with Gasteiger partial charge in [-0.15, -0.1) is 0 Å². The van der Waals surface area contributed by atoms with Gasteiger partial charge in [-0.25, -0.2) is 18.0 Å². The molecular weight excluding hydrogens is 221 g/mol. The van der Waals surface area contributed by atoms with Gasteiger partial charge in [0, 0.05) is 5.56 Å². The van der Waals surface area contributed by atoms with Crippen molar-refractivity contribution in [1.82, 2.24) is 0 Å². The summed E-state index contributed by atoms with van der Waals surface area (Å²) >= 11 is 0. The molecule has 1 unspecified atom stereocenters. The van der Waals surface area contributed by atoms with E-state index in [4.69, 9.17) is 0 Å². The fourth-order valence-corrected chi connectivity index (χ4v) is 1.20. The average Bonchev–Trinajstić information content (AvgIpc) is 2.26. The number of carbonyl (C=O) groups is 1. The molecular formula is C11H11F3O2. The van der Waals surface area contributed by atoms with E-state index in [1.807, 2.05) is 0 Å². The number of aryl methyl sites for hydroxylation is 1. The van der Waals surface area contributed by atoms with Crippen LogP contribution in [-0.4, -0.2) is 12.6 Å². The lowest BCUT2D eigenvalue weighted by Gasteiger charge is -2.10. The summed E-state index contributed by atoms with van der Waals surface area (Å²) in [5.74, 6) is -3.71. The lowest BCUT2D eigenvalue weighted by atomic mass is 10.1. The smallest absolute Gasteiger partial charge is 0.345 e. The highest BCUT2D eigenvalue weighted by Gasteiger charge is 2.26. The lowest BCUT2D eigenvalue weighted by Crippen LogP contribution is -2.14. The predicted molar refractivity (Wildman–Crippen MR) is 51.6 cm³/mol. The summed E-state index contributed by atoms with van der Waals surface area (Å²) < 4.78 is 44.2. The Balaban J connectivity index is 3.05. The third-order valence-corrected chi connectivity index (χ3v) is 2.07. The standard InChI is InChI=1S/C11H11F3O2/c1-3-16-11(15)10(14)7-5-4-6(2)8(12)9(7)13/h4-5,10H,3H2,1-2H3. The van der Waals surface area contributed by atoms with E-state index in [0.29, 0.717) is 0 Å². The molecule has 0 amide bonds. The van der Waals surface area contributed by atoms with Crippen molar-refractivity contribution in [3.05, 3.63) is 34.9 Å². The normalized spacial score (nSPS) is 12.3. The summed E-state index contributed by atoms with van der Waals surface area (Å²) in [6.45, 7) is 2.83. The van der Waals surface area contributed by atoms with Gasteiger partial charge >= 0.3 is 5.97 Å². The summed E-state index contributed by atoms with van der Waals surface area (Å²) in [4.78, 5) is 11.0. The molecule has 1 rings (SSSR count). The number of benzene rings is 1. The maximum absolute atomic E-state index is 13.4. The van der Waals surface area contributed by atoms with Crippen LogP contribution in [0.5, 0.6) is 0 Å². The van der Waals surface area contributed by atoms with Gasteiger partial charge in [0.15, 0.2) is 11.6 Å². The third-order valence-electron chi connectivity index (χ3n) is 2.07. The molecule has 0 spiro atoms. The number of hydrogen-bond donors (Lipinski definition) is 0. The largest absolute Gasteiger partial charge is 0.464 e. The molecule has 16 heavy (non-hydrogen) atoms. The summed E-state index contributed by atoms with van der Waals surface area (Å²) in [5, 5.41) is 0. The number of rotatable bonds is 3. The zero-order chi connectivity index (χ0) is 12.3. The Morgan fingerprint density at radius 2 is 2.00 bits per heavy atom. The molecule has 0 N–H and O–H groups in total. The zero-order valence-electron chi connectivity index (χ0n) is 8.89. The fourth-order valence-electron chi connectivity index (χ4n) is 1.20. The van der Waals surface area contributed by atoms with Crippen molar-refractivity contribution in [3.8, 4) is 0 Å². The Kier molecular flexibility index (Phi) is 3.93. The van der Waals surface area contributed by atoms with Gasteiger partial charge in [0.2, 0.25) is 6.17 Å². The van der Waals surface area contributed by atoms with E-state index < -0.39 is 29.3 Å². The van der Waals surface area contributed by atoms with Gasteiger partial charge in [-0.3, -0.25) is 0 Å². The number of halogens is 3. The minimum absolute atomic E-state index is 0.0186. The van der Waals surface area contributed by atoms with Crippen LogP contribution in [0.15, 0.2) is 12.1 Å². The number of hydrogen-bond acceptors (Lipinski definition) is 2. The minimum atomic E-state index is -2.30. The van der Waals surface area contributed by atoms with Crippen LogP contribution in [0.4, 0.5) is 13.2 Å². The first kappa shape index (κ1) is 12.5. The first-order valence-corrected chi connectivity index (χ1v) is 4.74. The summed E-state index contributed by atoms with van der Waals surface area (Å²) in [6, 6.07) is 2.24. The number of carbonyl (C=O) groups excluding carboxylic acids is 1. The van der Waals surface area contributed by atoms with Crippen LogP contribution in [-0.2, 0) is 9.53 Å². The highest BCUT2D eigenvalue weighted by Crippen LogP contribution is 2.25. The van der Waals surface area contributed by atoms with Crippen molar-refractivity contribution < 1.29 is 22.7 Å². The van der Waals surface area contributed by atoms with E-state index >= 15 is 0 Å². The second-order valence-corrected chi connectivity index (χ2v) is 3.21. The predicted octanol–water partition coefficient (Wildman–Crippen LogP) is 2.85. The SMILES string of the molecule is CCOC(=O)C(F)c1ccc(C)c(F)c1F. The summed E-state index contributed by atoms with van der Waals surface area (Å²) in [6.07, 6.45) is -2.30. The van der Waals surface area contributed by atoms with Crippen LogP contribution in [0, 0.1) is 18.6 Å². The summed E-state index contributed by atoms with van der Waals surface area (Å²) in [7, 11) is 0. The van der Waals surface area contributed by atoms with Crippen LogP contribution in [0.2, 0.25) is 0 Å². The van der Waals surface area contributed by atoms with E-state index in [9.17, 15) is 18.0 Å². The van der Waals surface area contributed by atoms with Gasteiger partial charge in [0.1, 0.15) is 0 Å². The van der Waals surface area contributed by atoms with Gasteiger partial charge in [-0.2, -0.15) is 0 Å². The van der Waals surface area contributed by atoms with Gasteiger partial charge in [-0.1, -0.05) is 12.1 Å². The zero-order valence-corrected chi connectivity index (χ0v) is 8.89. The Labute approximate surface area is 91.0 Å². The Bertz CT molecular complexity index is 404. The molecule has 0 fully saturated rings. The van der Waals surface area contributed by atoms with Crippen LogP contribution in [0.25, 0.3) is 0 Å². The fraction of sp³-hybridized carbons (Fsp3) is 0.364. The Morgan fingerprint density at radius 3 is 2.56 bits per heavy atom. The molecule has 2 nitrogen and oxygen atoms in total. The van der Waals surface area contributed by atoms with Crippen molar-refractivity contribution in [1.29, 1.82) is 0 Å². The summed E-state index contributed by atoms with van der Waals surface area (Å²) in [5.41, 5.74) is -0.584. The molecule has 0 aromatic heterocycles. The second-order valence-electron chi connectivity index (χ2n) is 3.21. The molecule has 0 aliphatic rings. The van der Waals surface area contributed by atoms with Crippen molar-refractivity contribution in [2.75, 3.05) is 6.61 Å². The van der Waals surface area contributed by atoms with E-state index in [1.54, 1.807) is 0 Å². The second kappa shape index (κ2) is 5.01. The van der Waals surface area contributed by atoms with Crippen LogP contribution in [0.3, 0.4) is 0 Å². The number of alkyl halides is 1. The molecule has 1 atom stereocenters. The third kappa shape index (κ3) is 2.35. The van der Waals surface area contributed by atoms with Crippen molar-refractivity contribution in [2.45, 2.75) is 20.0 Å². The first-order valence-electron chi connectivity index (χ1n) is 4.74. The van der Waals surface area contributed by atoms with Crippen LogP contribution in [0.1, 0.15) is 24.2 Å². The molecule has 0 saturated heterocycles. The van der Waals surface area contributed by atoms with Crippen LogP contribution < -0.4 is 0 Å². The Morgan fingerprint density at radius 1 is 1.38 bits per heavy atom. The maximum atomic E-state index is 13.4. The maximum Gasteiger partial charge on any atom is 0.345 e. The van der Waals surface area contributed by atoms with Crippen molar-refractivity contribution in [3.63, 3.8) is 0 Å². The average molecular weight is 232 g/mol. The quantitative estimate of drug-likeness (QED) is 0.749. The molecule has 0 bridgehead atoms. The van der Waals surface area contributed by atoms with E-state index in [0.717, 1.165) is 6.07 Å². The van der Waals surface area contributed by atoms with Gasteiger partial charge in [-0.05, 0) is 19.4 Å². The minimum Gasteiger partial charge on any atom is -0.464 e. The molecule has 0 aliphatic carbocycles. The van der Waals surface area contributed by atoms with Crippen molar-refractivity contribution >= 4 is 5.97 Å². The molecule has 0 heterocycles. The van der Waals surface area contributed by atoms with Gasteiger partial charge in [0.25, 0.3) is 0 Å². The van der Waals surface area contributed by atoms with E-state index in [2.05, 4.69) is 4.74 Å².